The first-order chi connectivity index (χ1) is 15.8. The molecular formula is C28H25N3O. The molecule has 0 unspecified atom stereocenters. The number of hydrogen-bond acceptors (Lipinski definition) is 2. The van der Waals surface area contributed by atoms with Crippen molar-refractivity contribution in [2.45, 2.75) is 12.8 Å². The van der Waals surface area contributed by atoms with E-state index in [4.69, 9.17) is 0 Å². The molecule has 0 saturated heterocycles. The molecule has 0 aliphatic heterocycles. The van der Waals surface area contributed by atoms with Crippen LogP contribution in [0.5, 0.6) is 0 Å². The fourth-order valence-electron chi connectivity index (χ4n) is 3.39. The van der Waals surface area contributed by atoms with Crippen LogP contribution < -0.4 is 5.43 Å². The van der Waals surface area contributed by atoms with E-state index in [2.05, 4.69) is 21.6 Å². The lowest BCUT2D eigenvalue weighted by molar-refractivity contribution is -0.121. The molecule has 0 spiro atoms. The highest BCUT2D eigenvalue weighted by Gasteiger charge is 2.06. The summed E-state index contributed by atoms with van der Waals surface area (Å²) in [6.45, 7) is 0. The number of carbonyl (C=O) groups is 1. The maximum Gasteiger partial charge on any atom is 0.240 e. The fraction of sp³-hybridized carbons (Fsp3) is 0.0714. The molecule has 0 aliphatic rings. The summed E-state index contributed by atoms with van der Waals surface area (Å²) in [6.07, 6.45) is 10.7. The molecule has 0 bridgehead atoms. The zero-order valence-corrected chi connectivity index (χ0v) is 17.7. The number of rotatable bonds is 8. The predicted octanol–water partition coefficient (Wildman–Crippen LogP) is 6.00. The molecule has 0 saturated carbocycles. The molecule has 4 nitrogen and oxygen atoms in total. The maximum atomic E-state index is 12.5. The lowest BCUT2D eigenvalue weighted by Gasteiger charge is -2.02. The number of carbonyl (C=O) groups excluding carboxylic acids is 1. The van der Waals surface area contributed by atoms with E-state index in [1.807, 2.05) is 109 Å². The molecular weight excluding hydrogens is 394 g/mol. The van der Waals surface area contributed by atoms with E-state index in [0.717, 1.165) is 27.6 Å². The highest BCUT2D eigenvalue weighted by atomic mass is 16.2. The summed E-state index contributed by atoms with van der Waals surface area (Å²) in [7, 11) is 0. The van der Waals surface area contributed by atoms with E-state index in [0.29, 0.717) is 18.6 Å². The smallest absolute Gasteiger partial charge is 0.240 e. The van der Waals surface area contributed by atoms with Gasteiger partial charge < -0.3 is 4.98 Å². The zero-order chi connectivity index (χ0) is 22.0. The van der Waals surface area contributed by atoms with Crippen molar-refractivity contribution in [1.29, 1.82) is 0 Å². The second-order valence-electron chi connectivity index (χ2n) is 7.42. The number of aryl methyl sites for hydroxylation is 1. The van der Waals surface area contributed by atoms with Gasteiger partial charge in [-0.25, -0.2) is 5.43 Å². The normalized spacial score (nSPS) is 11.2. The topological polar surface area (TPSA) is 57.2 Å². The molecule has 0 aliphatic carbocycles. The minimum absolute atomic E-state index is 0.117. The Morgan fingerprint density at radius 1 is 0.812 bits per heavy atom. The number of H-pyrrole nitrogens is 1. The van der Waals surface area contributed by atoms with Crippen molar-refractivity contribution in [2.24, 2.45) is 5.10 Å². The first-order valence-corrected chi connectivity index (χ1v) is 10.7. The third-order valence-corrected chi connectivity index (χ3v) is 5.10. The van der Waals surface area contributed by atoms with Gasteiger partial charge in [-0.1, -0.05) is 91.0 Å². The quantitative estimate of drug-likeness (QED) is 0.267. The molecule has 0 atom stereocenters. The fourth-order valence-corrected chi connectivity index (χ4v) is 3.39. The van der Waals surface area contributed by atoms with Gasteiger partial charge in [0.15, 0.2) is 0 Å². The van der Waals surface area contributed by atoms with E-state index in [9.17, 15) is 4.79 Å². The molecule has 1 amide bonds. The van der Waals surface area contributed by atoms with E-state index >= 15 is 0 Å². The summed E-state index contributed by atoms with van der Waals surface area (Å²) in [5, 5.41) is 5.51. The van der Waals surface area contributed by atoms with Crippen molar-refractivity contribution in [3.8, 4) is 0 Å². The molecule has 0 fully saturated rings. The van der Waals surface area contributed by atoms with E-state index in [1.165, 1.54) is 0 Å². The van der Waals surface area contributed by atoms with Crippen LogP contribution in [0.4, 0.5) is 0 Å². The van der Waals surface area contributed by atoms with Gasteiger partial charge in [0.25, 0.3) is 0 Å². The molecule has 3 aromatic carbocycles. The average Bonchev–Trinajstić information content (AvgIpc) is 3.26. The van der Waals surface area contributed by atoms with Gasteiger partial charge in [0, 0.05) is 23.5 Å². The molecule has 1 heterocycles. The van der Waals surface area contributed by atoms with Gasteiger partial charge in [0.2, 0.25) is 5.91 Å². The summed E-state index contributed by atoms with van der Waals surface area (Å²) < 4.78 is 0. The Hall–Kier alpha value is -4.18. The number of aromatic amines is 1. The largest absolute Gasteiger partial charge is 0.361 e. The van der Waals surface area contributed by atoms with Gasteiger partial charge >= 0.3 is 0 Å². The van der Waals surface area contributed by atoms with Crippen molar-refractivity contribution in [2.75, 3.05) is 0 Å². The van der Waals surface area contributed by atoms with Crippen LogP contribution in [0.3, 0.4) is 0 Å². The average molecular weight is 420 g/mol. The molecule has 1 aromatic heterocycles. The predicted molar refractivity (Wildman–Crippen MR) is 133 cm³/mol. The standard InChI is InChI=1S/C28H25N3O/c32-28(20-17-24-21-29-27-14-8-7-13-26(24)27)31-30-25(18-15-22-9-3-1-4-10-22)19-16-23-11-5-2-6-12-23/h1-16,18-19,21,29H,17,20H2,(H,31,32). The van der Waals surface area contributed by atoms with Crippen LogP contribution in [0.25, 0.3) is 23.1 Å². The molecule has 4 aromatic rings. The van der Waals surface area contributed by atoms with Gasteiger partial charge in [-0.2, -0.15) is 5.10 Å². The summed E-state index contributed by atoms with van der Waals surface area (Å²) in [6, 6.07) is 28.1. The Morgan fingerprint density at radius 3 is 2.06 bits per heavy atom. The highest BCUT2D eigenvalue weighted by Crippen LogP contribution is 2.18. The molecule has 4 rings (SSSR count). The summed E-state index contributed by atoms with van der Waals surface area (Å²) in [5.41, 5.74) is 7.72. The lowest BCUT2D eigenvalue weighted by atomic mass is 10.1. The highest BCUT2D eigenvalue weighted by molar-refractivity contribution is 6.08. The van der Waals surface area contributed by atoms with Gasteiger partial charge in [0.05, 0.1) is 5.71 Å². The van der Waals surface area contributed by atoms with Crippen LogP contribution in [-0.4, -0.2) is 16.6 Å². The zero-order valence-electron chi connectivity index (χ0n) is 17.7. The summed E-state index contributed by atoms with van der Waals surface area (Å²) >= 11 is 0. The molecule has 4 heteroatoms. The number of aromatic nitrogens is 1. The van der Waals surface area contributed by atoms with Crippen LogP contribution in [0, 0.1) is 0 Å². The van der Waals surface area contributed by atoms with Crippen LogP contribution >= 0.6 is 0 Å². The Bertz CT molecular complexity index is 1200. The Kier molecular flexibility index (Phi) is 7.06. The van der Waals surface area contributed by atoms with E-state index < -0.39 is 0 Å². The number of benzene rings is 3. The number of amides is 1. The van der Waals surface area contributed by atoms with E-state index in [-0.39, 0.29) is 5.91 Å². The Balaban J connectivity index is 1.43. The Morgan fingerprint density at radius 2 is 1.41 bits per heavy atom. The van der Waals surface area contributed by atoms with Crippen LogP contribution in [-0.2, 0) is 11.2 Å². The van der Waals surface area contributed by atoms with Crippen molar-refractivity contribution < 1.29 is 4.79 Å². The number of fused-ring (bicyclic) bond motifs is 1. The van der Waals surface area contributed by atoms with E-state index in [1.54, 1.807) is 0 Å². The van der Waals surface area contributed by atoms with Gasteiger partial charge in [-0.3, -0.25) is 4.79 Å². The first-order valence-electron chi connectivity index (χ1n) is 10.7. The minimum Gasteiger partial charge on any atom is -0.361 e. The second kappa shape index (κ2) is 10.7. The maximum absolute atomic E-state index is 12.5. The number of allylic oxidation sites excluding steroid dienone is 2. The minimum atomic E-state index is -0.117. The lowest BCUT2D eigenvalue weighted by Crippen LogP contribution is -2.19. The molecule has 0 radical (unpaired) electrons. The Labute approximate surface area is 188 Å². The molecule has 32 heavy (non-hydrogen) atoms. The summed E-state index contributed by atoms with van der Waals surface area (Å²) in [5.74, 6) is -0.117. The van der Waals surface area contributed by atoms with Gasteiger partial charge in [-0.05, 0) is 41.3 Å². The van der Waals surface area contributed by atoms with Crippen LogP contribution in [0.1, 0.15) is 23.1 Å². The number of para-hydroxylation sites is 1. The number of nitrogens with zero attached hydrogens (tertiary/aromatic N) is 1. The number of hydrazone groups is 1. The first kappa shape index (κ1) is 21.1. The second-order valence-corrected chi connectivity index (χ2v) is 7.42. The molecule has 2 N–H and O–H groups in total. The van der Waals surface area contributed by atoms with Crippen LogP contribution in [0.15, 0.2) is 108 Å². The van der Waals surface area contributed by atoms with Gasteiger partial charge in [-0.15, -0.1) is 0 Å². The third-order valence-electron chi connectivity index (χ3n) is 5.10. The number of hydrogen-bond donors (Lipinski definition) is 2. The van der Waals surface area contributed by atoms with Crippen molar-refractivity contribution in [1.82, 2.24) is 10.4 Å². The SMILES string of the molecule is O=C(CCc1c[nH]c2ccccc12)NN=C(C=Cc1ccccc1)C=Cc1ccccc1. The van der Waals surface area contributed by atoms with Crippen molar-refractivity contribution in [3.63, 3.8) is 0 Å². The monoisotopic (exact) mass is 419 g/mol. The summed E-state index contributed by atoms with van der Waals surface area (Å²) in [4.78, 5) is 15.7. The van der Waals surface area contributed by atoms with Crippen molar-refractivity contribution >= 4 is 34.7 Å². The molecule has 158 valence electrons. The third kappa shape index (κ3) is 5.92. The van der Waals surface area contributed by atoms with Crippen LogP contribution in [0.2, 0.25) is 0 Å². The van der Waals surface area contributed by atoms with Crippen molar-refractivity contribution in [3.05, 3.63) is 120 Å². The number of nitrogens with one attached hydrogen (secondary N) is 2. The van der Waals surface area contributed by atoms with Gasteiger partial charge in [0.1, 0.15) is 0 Å².